The summed E-state index contributed by atoms with van der Waals surface area (Å²) in [4.78, 5) is 33.7. The Morgan fingerprint density at radius 1 is 1.14 bits per heavy atom. The molecule has 0 aliphatic carbocycles. The van der Waals surface area contributed by atoms with Crippen molar-refractivity contribution in [2.75, 3.05) is 6.61 Å². The van der Waals surface area contributed by atoms with E-state index in [1.165, 1.54) is 12.1 Å². The average Bonchev–Trinajstić information content (AvgIpc) is 2.98. The Kier molecular flexibility index (Phi) is 5.95. The van der Waals surface area contributed by atoms with Crippen LogP contribution in [0.4, 0.5) is 10.5 Å². The van der Waals surface area contributed by atoms with Gasteiger partial charge in [0.15, 0.2) is 11.5 Å². The van der Waals surface area contributed by atoms with Crippen molar-refractivity contribution in [3.63, 3.8) is 0 Å². The average molecular weight is 400 g/mol. The van der Waals surface area contributed by atoms with E-state index in [4.69, 9.17) is 9.47 Å². The summed E-state index contributed by atoms with van der Waals surface area (Å²) in [6.45, 7) is 2.37. The summed E-state index contributed by atoms with van der Waals surface area (Å²) in [5.74, 6) is 0.506. The van der Waals surface area contributed by atoms with E-state index in [-0.39, 0.29) is 12.3 Å². The number of ether oxygens (including phenoxy) is 2. The number of carbonyl (C=O) groups excluding carboxylic acids is 2. The normalized spacial score (nSPS) is 14.8. The molecule has 1 aliphatic heterocycles. The Morgan fingerprint density at radius 2 is 1.96 bits per heavy atom. The number of carbonyl (C=O) groups is 2. The van der Waals surface area contributed by atoms with Crippen LogP contribution in [-0.2, 0) is 11.4 Å². The molecule has 0 atom stereocenters. The molecule has 1 saturated heterocycles. The van der Waals surface area contributed by atoms with Gasteiger partial charge in [-0.1, -0.05) is 18.2 Å². The summed E-state index contributed by atoms with van der Waals surface area (Å²) >= 11 is 0.838. The third-order valence-electron chi connectivity index (χ3n) is 3.72. The lowest BCUT2D eigenvalue weighted by Crippen LogP contribution is -2.17. The van der Waals surface area contributed by atoms with Gasteiger partial charge in [-0.2, -0.15) is 0 Å². The van der Waals surface area contributed by atoms with E-state index >= 15 is 0 Å². The lowest BCUT2D eigenvalue weighted by atomic mass is 10.1. The lowest BCUT2D eigenvalue weighted by molar-refractivity contribution is -0.384. The Balaban J connectivity index is 1.79. The number of thioether (sulfide) groups is 1. The molecule has 0 spiro atoms. The van der Waals surface area contributed by atoms with E-state index in [0.29, 0.717) is 34.1 Å². The summed E-state index contributed by atoms with van der Waals surface area (Å²) in [6.07, 6.45) is 1.59. The van der Waals surface area contributed by atoms with E-state index < -0.39 is 16.1 Å². The molecule has 2 aromatic rings. The topological polar surface area (TPSA) is 108 Å². The molecule has 1 aliphatic rings. The van der Waals surface area contributed by atoms with Gasteiger partial charge in [-0.3, -0.25) is 25.0 Å². The zero-order chi connectivity index (χ0) is 20.1. The zero-order valence-electron chi connectivity index (χ0n) is 14.8. The van der Waals surface area contributed by atoms with Gasteiger partial charge in [0.2, 0.25) is 0 Å². The van der Waals surface area contributed by atoms with Crippen molar-refractivity contribution in [3.8, 4) is 11.5 Å². The predicted octanol–water partition coefficient (Wildman–Crippen LogP) is 3.90. The fourth-order valence-electron chi connectivity index (χ4n) is 2.50. The number of amides is 2. The molecule has 0 saturated carbocycles. The van der Waals surface area contributed by atoms with Gasteiger partial charge in [-0.05, 0) is 48.0 Å². The van der Waals surface area contributed by atoms with Crippen molar-refractivity contribution in [3.05, 3.63) is 68.6 Å². The quantitative estimate of drug-likeness (QED) is 0.427. The molecule has 8 nitrogen and oxygen atoms in total. The minimum atomic E-state index is -0.459. The molecule has 0 radical (unpaired) electrons. The highest BCUT2D eigenvalue weighted by molar-refractivity contribution is 8.18. The Morgan fingerprint density at radius 3 is 2.64 bits per heavy atom. The lowest BCUT2D eigenvalue weighted by Gasteiger charge is -2.13. The number of non-ortho nitro benzene ring substituents is 1. The number of rotatable bonds is 7. The second kappa shape index (κ2) is 8.57. The van der Waals surface area contributed by atoms with Crippen LogP contribution in [0.25, 0.3) is 6.08 Å². The molecule has 3 rings (SSSR count). The SMILES string of the molecule is CCOc1cc(/C=C2/SC(=O)NC2=O)ccc1OCc1cccc([N+](=O)[O-])c1. The van der Waals surface area contributed by atoms with Crippen LogP contribution >= 0.6 is 11.8 Å². The number of hydrogen-bond donors (Lipinski definition) is 1. The third-order valence-corrected chi connectivity index (χ3v) is 4.53. The fourth-order valence-corrected chi connectivity index (χ4v) is 3.18. The highest BCUT2D eigenvalue weighted by Crippen LogP contribution is 2.32. The van der Waals surface area contributed by atoms with Gasteiger partial charge >= 0.3 is 0 Å². The summed E-state index contributed by atoms with van der Waals surface area (Å²) in [5, 5.41) is 12.7. The maximum atomic E-state index is 11.7. The summed E-state index contributed by atoms with van der Waals surface area (Å²) in [7, 11) is 0. The number of nitrogens with zero attached hydrogens (tertiary/aromatic N) is 1. The first-order chi connectivity index (χ1) is 13.5. The van der Waals surface area contributed by atoms with Crippen molar-refractivity contribution >= 4 is 34.7 Å². The van der Waals surface area contributed by atoms with Crippen LogP contribution in [0, 0.1) is 10.1 Å². The Labute approximate surface area is 164 Å². The Hall–Kier alpha value is -3.33. The van der Waals surface area contributed by atoms with Crippen LogP contribution in [0.5, 0.6) is 11.5 Å². The molecule has 2 aromatic carbocycles. The molecular formula is C19H16N2O6S. The first-order valence-corrected chi connectivity index (χ1v) is 9.15. The van der Waals surface area contributed by atoms with Crippen molar-refractivity contribution in [2.24, 2.45) is 0 Å². The van der Waals surface area contributed by atoms with Crippen LogP contribution in [0.1, 0.15) is 18.1 Å². The number of nitro benzene ring substituents is 1. The molecule has 1 fully saturated rings. The number of nitrogens with one attached hydrogen (secondary N) is 1. The van der Waals surface area contributed by atoms with E-state index in [2.05, 4.69) is 5.32 Å². The van der Waals surface area contributed by atoms with Gasteiger partial charge in [0.1, 0.15) is 6.61 Å². The van der Waals surface area contributed by atoms with Crippen LogP contribution in [0.3, 0.4) is 0 Å². The van der Waals surface area contributed by atoms with Crippen molar-refractivity contribution < 1.29 is 24.0 Å². The summed E-state index contributed by atoms with van der Waals surface area (Å²) < 4.78 is 11.4. The minimum Gasteiger partial charge on any atom is -0.490 e. The maximum absolute atomic E-state index is 11.7. The van der Waals surface area contributed by atoms with Crippen molar-refractivity contribution in [1.82, 2.24) is 5.32 Å². The van der Waals surface area contributed by atoms with Crippen molar-refractivity contribution in [1.29, 1.82) is 0 Å². The van der Waals surface area contributed by atoms with Gasteiger partial charge < -0.3 is 9.47 Å². The molecular weight excluding hydrogens is 384 g/mol. The van der Waals surface area contributed by atoms with Crippen LogP contribution < -0.4 is 14.8 Å². The second-order valence-corrected chi connectivity index (χ2v) is 6.72. The van der Waals surface area contributed by atoms with Gasteiger partial charge in [0, 0.05) is 12.1 Å². The number of imide groups is 1. The maximum Gasteiger partial charge on any atom is 0.290 e. The number of hydrogen-bond acceptors (Lipinski definition) is 7. The monoisotopic (exact) mass is 400 g/mol. The summed E-state index contributed by atoms with van der Waals surface area (Å²) in [5.41, 5.74) is 1.33. The van der Waals surface area contributed by atoms with Gasteiger partial charge in [0.25, 0.3) is 16.8 Å². The third kappa shape index (κ3) is 4.68. The molecule has 9 heteroatoms. The van der Waals surface area contributed by atoms with E-state index in [0.717, 1.165) is 11.8 Å². The molecule has 1 heterocycles. The van der Waals surface area contributed by atoms with Crippen LogP contribution in [0.15, 0.2) is 47.4 Å². The highest BCUT2D eigenvalue weighted by atomic mass is 32.2. The van der Waals surface area contributed by atoms with E-state index in [1.807, 2.05) is 6.92 Å². The van der Waals surface area contributed by atoms with Gasteiger partial charge in [-0.15, -0.1) is 0 Å². The molecule has 0 bridgehead atoms. The second-order valence-electron chi connectivity index (χ2n) is 5.71. The largest absolute Gasteiger partial charge is 0.490 e. The molecule has 28 heavy (non-hydrogen) atoms. The predicted molar refractivity (Wildman–Crippen MR) is 104 cm³/mol. The number of benzene rings is 2. The Bertz CT molecular complexity index is 973. The van der Waals surface area contributed by atoms with E-state index in [1.54, 1.807) is 36.4 Å². The first-order valence-electron chi connectivity index (χ1n) is 8.34. The van der Waals surface area contributed by atoms with Crippen LogP contribution in [0.2, 0.25) is 0 Å². The molecule has 1 N–H and O–H groups in total. The van der Waals surface area contributed by atoms with Crippen LogP contribution in [-0.4, -0.2) is 22.7 Å². The molecule has 2 amide bonds. The smallest absolute Gasteiger partial charge is 0.290 e. The number of nitro groups is 1. The van der Waals surface area contributed by atoms with E-state index in [9.17, 15) is 19.7 Å². The van der Waals surface area contributed by atoms with Gasteiger partial charge in [0.05, 0.1) is 16.4 Å². The first kappa shape index (κ1) is 19.4. The minimum absolute atomic E-state index is 0.00464. The zero-order valence-corrected chi connectivity index (χ0v) is 15.7. The molecule has 0 unspecified atom stereocenters. The van der Waals surface area contributed by atoms with Crippen molar-refractivity contribution in [2.45, 2.75) is 13.5 Å². The molecule has 0 aromatic heterocycles. The highest BCUT2D eigenvalue weighted by Gasteiger charge is 2.25. The fraction of sp³-hybridized carbons (Fsp3) is 0.158. The van der Waals surface area contributed by atoms with Gasteiger partial charge in [-0.25, -0.2) is 0 Å². The standard InChI is InChI=1S/C19H16N2O6S/c1-2-26-16-9-12(10-17-18(22)20-19(23)28-17)6-7-15(16)27-11-13-4-3-5-14(8-13)21(24)25/h3-10H,2,11H2,1H3,(H,20,22,23)/b17-10+. The molecule has 144 valence electrons. The summed E-state index contributed by atoms with van der Waals surface area (Å²) in [6, 6.07) is 11.3.